The second-order valence-electron chi connectivity index (χ2n) is 6.31. The molecule has 4 aromatic rings. The van der Waals surface area contributed by atoms with E-state index in [9.17, 15) is 0 Å². The number of halogens is 1. The van der Waals surface area contributed by atoms with Gasteiger partial charge in [-0.3, -0.25) is 4.98 Å². The van der Waals surface area contributed by atoms with Crippen molar-refractivity contribution in [3.8, 4) is 0 Å². The fourth-order valence-corrected chi connectivity index (χ4v) is 3.13. The van der Waals surface area contributed by atoms with Gasteiger partial charge in [-0.2, -0.15) is 0 Å². The van der Waals surface area contributed by atoms with Gasteiger partial charge in [0.2, 0.25) is 0 Å². The van der Waals surface area contributed by atoms with Crippen molar-refractivity contribution in [3.63, 3.8) is 0 Å². The van der Waals surface area contributed by atoms with Gasteiger partial charge < -0.3 is 15.2 Å². The SMILES string of the molecule is Cc1ccc(Nc2noc3c(Cl)c(NCCc4ccccc4)ccc23)cn1. The standard InChI is InChI=1S/C21H19ClN4O/c1-14-7-8-16(13-24-14)25-21-17-9-10-18(19(22)20(17)27-26-21)23-12-11-15-5-3-2-4-6-15/h2-10,13,23H,11-12H2,1H3,(H,25,26). The number of nitrogens with one attached hydrogen (secondary N) is 2. The van der Waals surface area contributed by atoms with E-state index in [0.29, 0.717) is 16.4 Å². The number of rotatable bonds is 6. The van der Waals surface area contributed by atoms with Crippen LogP contribution in [0.1, 0.15) is 11.3 Å². The van der Waals surface area contributed by atoms with Crippen molar-refractivity contribution in [3.05, 3.63) is 77.1 Å². The molecule has 2 N–H and O–H groups in total. The van der Waals surface area contributed by atoms with Crippen molar-refractivity contribution in [2.75, 3.05) is 17.2 Å². The molecule has 27 heavy (non-hydrogen) atoms. The van der Waals surface area contributed by atoms with E-state index in [1.807, 2.05) is 49.4 Å². The maximum Gasteiger partial charge on any atom is 0.189 e. The number of aryl methyl sites for hydroxylation is 1. The number of hydrogen-bond acceptors (Lipinski definition) is 5. The van der Waals surface area contributed by atoms with Crippen LogP contribution in [0.3, 0.4) is 0 Å². The highest BCUT2D eigenvalue weighted by molar-refractivity contribution is 6.37. The minimum Gasteiger partial charge on any atom is -0.383 e. The van der Waals surface area contributed by atoms with Gasteiger partial charge in [-0.1, -0.05) is 47.1 Å². The van der Waals surface area contributed by atoms with Crippen LogP contribution in [-0.2, 0) is 6.42 Å². The Morgan fingerprint density at radius 1 is 1.04 bits per heavy atom. The van der Waals surface area contributed by atoms with Crippen LogP contribution in [0, 0.1) is 6.92 Å². The first-order valence-electron chi connectivity index (χ1n) is 8.76. The van der Waals surface area contributed by atoms with E-state index < -0.39 is 0 Å². The zero-order valence-corrected chi connectivity index (χ0v) is 15.6. The largest absolute Gasteiger partial charge is 0.383 e. The Labute approximate surface area is 162 Å². The van der Waals surface area contributed by atoms with Crippen molar-refractivity contribution in [2.24, 2.45) is 0 Å². The molecule has 0 aliphatic rings. The Morgan fingerprint density at radius 3 is 2.67 bits per heavy atom. The van der Waals surface area contributed by atoms with Gasteiger partial charge in [0.15, 0.2) is 11.4 Å². The highest BCUT2D eigenvalue weighted by Crippen LogP contribution is 2.35. The van der Waals surface area contributed by atoms with Crippen LogP contribution >= 0.6 is 11.6 Å². The van der Waals surface area contributed by atoms with E-state index in [1.54, 1.807) is 6.20 Å². The van der Waals surface area contributed by atoms with Crippen LogP contribution in [-0.4, -0.2) is 16.7 Å². The van der Waals surface area contributed by atoms with E-state index in [2.05, 4.69) is 32.9 Å². The molecular weight excluding hydrogens is 360 g/mol. The van der Waals surface area contributed by atoms with E-state index in [4.69, 9.17) is 16.1 Å². The van der Waals surface area contributed by atoms with Crippen LogP contribution in [0.25, 0.3) is 11.0 Å². The molecule has 2 heterocycles. The number of anilines is 3. The molecule has 6 heteroatoms. The van der Waals surface area contributed by atoms with Crippen molar-refractivity contribution in [1.29, 1.82) is 0 Å². The molecule has 0 fully saturated rings. The minimum atomic E-state index is 0.531. The Hall–Kier alpha value is -3.05. The normalized spacial score (nSPS) is 10.9. The Balaban J connectivity index is 1.50. The van der Waals surface area contributed by atoms with Crippen LogP contribution in [0.2, 0.25) is 5.02 Å². The van der Waals surface area contributed by atoms with E-state index in [1.165, 1.54) is 5.56 Å². The molecule has 0 spiro atoms. The quantitative estimate of drug-likeness (QED) is 0.458. The predicted octanol–water partition coefficient (Wildman–Crippen LogP) is 5.58. The maximum absolute atomic E-state index is 6.52. The number of nitrogens with zero attached hydrogens (tertiary/aromatic N) is 2. The number of benzene rings is 2. The van der Waals surface area contributed by atoms with Gasteiger partial charge >= 0.3 is 0 Å². The first kappa shape index (κ1) is 17.4. The van der Waals surface area contributed by atoms with Crippen LogP contribution < -0.4 is 10.6 Å². The van der Waals surface area contributed by atoms with Gasteiger partial charge in [0.1, 0.15) is 5.02 Å². The van der Waals surface area contributed by atoms with Crippen molar-refractivity contribution >= 4 is 39.8 Å². The van der Waals surface area contributed by atoms with Gasteiger partial charge in [-0.05, 0) is 43.2 Å². The van der Waals surface area contributed by atoms with Gasteiger partial charge in [0.05, 0.1) is 23.0 Å². The maximum atomic E-state index is 6.52. The number of hydrogen-bond donors (Lipinski definition) is 2. The summed E-state index contributed by atoms with van der Waals surface area (Å²) in [4.78, 5) is 4.27. The lowest BCUT2D eigenvalue weighted by Crippen LogP contribution is -2.05. The van der Waals surface area contributed by atoms with Gasteiger partial charge in [-0.15, -0.1) is 0 Å². The number of pyridine rings is 1. The van der Waals surface area contributed by atoms with Gasteiger partial charge in [0, 0.05) is 12.2 Å². The molecule has 0 saturated carbocycles. The molecule has 0 amide bonds. The third kappa shape index (κ3) is 3.88. The second-order valence-corrected chi connectivity index (χ2v) is 6.69. The smallest absolute Gasteiger partial charge is 0.189 e. The van der Waals surface area contributed by atoms with Crippen LogP contribution in [0.4, 0.5) is 17.2 Å². The predicted molar refractivity (Wildman–Crippen MR) is 110 cm³/mol. The summed E-state index contributed by atoms with van der Waals surface area (Å²) in [6, 6.07) is 18.1. The summed E-state index contributed by atoms with van der Waals surface area (Å²) >= 11 is 6.52. The minimum absolute atomic E-state index is 0.531. The summed E-state index contributed by atoms with van der Waals surface area (Å²) in [5, 5.41) is 12.1. The second kappa shape index (κ2) is 7.68. The molecule has 0 bridgehead atoms. The number of aromatic nitrogens is 2. The molecule has 0 aliphatic carbocycles. The van der Waals surface area contributed by atoms with Crippen molar-refractivity contribution < 1.29 is 4.52 Å². The third-order valence-electron chi connectivity index (χ3n) is 4.33. The average Bonchev–Trinajstić information content (AvgIpc) is 3.10. The summed E-state index contributed by atoms with van der Waals surface area (Å²) < 4.78 is 5.48. The molecule has 0 atom stereocenters. The number of fused-ring (bicyclic) bond motifs is 1. The Bertz CT molecular complexity index is 1050. The molecule has 136 valence electrons. The summed E-state index contributed by atoms with van der Waals surface area (Å²) in [6.07, 6.45) is 2.68. The molecule has 4 rings (SSSR count). The van der Waals surface area contributed by atoms with E-state index in [0.717, 1.165) is 35.4 Å². The lowest BCUT2D eigenvalue weighted by molar-refractivity contribution is 0.460. The fourth-order valence-electron chi connectivity index (χ4n) is 2.86. The summed E-state index contributed by atoms with van der Waals surface area (Å²) in [6.45, 7) is 2.73. The lowest BCUT2D eigenvalue weighted by atomic mass is 10.1. The summed E-state index contributed by atoms with van der Waals surface area (Å²) in [5.74, 6) is 0.619. The van der Waals surface area contributed by atoms with E-state index >= 15 is 0 Å². The average molecular weight is 379 g/mol. The zero-order chi connectivity index (χ0) is 18.6. The topological polar surface area (TPSA) is 63.0 Å². The molecule has 0 aliphatic heterocycles. The fraction of sp³-hybridized carbons (Fsp3) is 0.143. The third-order valence-corrected chi connectivity index (χ3v) is 4.70. The monoisotopic (exact) mass is 378 g/mol. The highest BCUT2D eigenvalue weighted by atomic mass is 35.5. The van der Waals surface area contributed by atoms with Crippen LogP contribution in [0.5, 0.6) is 0 Å². The molecule has 2 aromatic carbocycles. The van der Waals surface area contributed by atoms with Crippen molar-refractivity contribution in [1.82, 2.24) is 10.1 Å². The molecule has 2 aromatic heterocycles. The molecule has 0 saturated heterocycles. The first-order chi connectivity index (χ1) is 13.2. The highest BCUT2D eigenvalue weighted by Gasteiger charge is 2.14. The molecular formula is C21H19ClN4O. The Morgan fingerprint density at radius 2 is 1.89 bits per heavy atom. The van der Waals surface area contributed by atoms with Gasteiger partial charge in [0.25, 0.3) is 0 Å². The molecule has 0 unspecified atom stereocenters. The first-order valence-corrected chi connectivity index (χ1v) is 9.14. The zero-order valence-electron chi connectivity index (χ0n) is 14.9. The lowest BCUT2D eigenvalue weighted by Gasteiger charge is -2.08. The van der Waals surface area contributed by atoms with Crippen LogP contribution in [0.15, 0.2) is 65.3 Å². The van der Waals surface area contributed by atoms with E-state index in [-0.39, 0.29) is 0 Å². The van der Waals surface area contributed by atoms with Crippen molar-refractivity contribution in [2.45, 2.75) is 13.3 Å². The summed E-state index contributed by atoms with van der Waals surface area (Å²) in [7, 11) is 0. The Kier molecular flexibility index (Phi) is 4.94. The molecule has 5 nitrogen and oxygen atoms in total. The summed E-state index contributed by atoms with van der Waals surface area (Å²) in [5.41, 5.74) is 4.47. The van der Waals surface area contributed by atoms with Gasteiger partial charge in [-0.25, -0.2) is 0 Å². The molecule has 0 radical (unpaired) electrons.